The second-order valence-corrected chi connectivity index (χ2v) is 10.0. The number of anilines is 1. The Morgan fingerprint density at radius 1 is 0.935 bits per heavy atom. The van der Waals surface area contributed by atoms with Crippen molar-refractivity contribution in [2.24, 2.45) is 10.3 Å². The molecule has 3 aliphatic rings. The largest absolute Gasteiger partial charge is 0.380 e. The van der Waals surface area contributed by atoms with E-state index in [-0.39, 0.29) is 22.8 Å². The molecule has 1 N–H and O–H groups in total. The molecule has 162 valence electrons. The number of rotatable bonds is 3. The molecule has 1 unspecified atom stereocenters. The lowest BCUT2D eigenvalue weighted by Gasteiger charge is -2.34. The Morgan fingerprint density at radius 3 is 2.42 bits per heavy atom. The molecule has 0 aromatic heterocycles. The van der Waals surface area contributed by atoms with E-state index < -0.39 is 10.0 Å². The molecule has 5 rings (SSSR count). The predicted molar refractivity (Wildman–Crippen MR) is 120 cm³/mol. The maximum absolute atomic E-state index is 13.1. The highest BCUT2D eigenvalue weighted by molar-refractivity contribution is 7.90. The molecule has 0 radical (unpaired) electrons. The summed E-state index contributed by atoms with van der Waals surface area (Å²) < 4.78 is 28.7. The van der Waals surface area contributed by atoms with Gasteiger partial charge >= 0.3 is 0 Å². The van der Waals surface area contributed by atoms with Crippen molar-refractivity contribution in [2.75, 3.05) is 31.5 Å². The molecule has 1 amide bonds. The van der Waals surface area contributed by atoms with Crippen LogP contribution in [0.2, 0.25) is 0 Å². The average molecular weight is 439 g/mol. The molecule has 8 heteroatoms. The molecule has 3 heterocycles. The highest BCUT2D eigenvalue weighted by atomic mass is 32.2. The minimum absolute atomic E-state index is 0.0134. The van der Waals surface area contributed by atoms with Gasteiger partial charge < -0.3 is 15.1 Å². The third-order valence-corrected chi connectivity index (χ3v) is 7.73. The fourth-order valence-corrected chi connectivity index (χ4v) is 5.99. The molecule has 0 aliphatic carbocycles. The Kier molecular flexibility index (Phi) is 5.17. The Bertz CT molecular complexity index is 1110. The molecule has 1 atom stereocenters. The maximum Gasteiger partial charge on any atom is 0.285 e. The molecule has 7 nitrogen and oxygen atoms in total. The van der Waals surface area contributed by atoms with Gasteiger partial charge in [-0.3, -0.25) is 4.79 Å². The molecule has 2 fully saturated rings. The summed E-state index contributed by atoms with van der Waals surface area (Å²) in [4.78, 5) is 17.3. The van der Waals surface area contributed by atoms with Crippen molar-refractivity contribution in [3.05, 3.63) is 60.2 Å². The van der Waals surface area contributed by atoms with E-state index in [0.717, 1.165) is 25.2 Å². The first-order chi connectivity index (χ1) is 15.0. The van der Waals surface area contributed by atoms with E-state index in [1.54, 1.807) is 18.2 Å². The minimum atomic E-state index is -3.61. The highest BCUT2D eigenvalue weighted by Crippen LogP contribution is 2.30. The SMILES string of the molecule is O=C(C1CCN(C2=NS(=O)(=O)c3ccccc32)CC1)N1CCC(Nc2ccccc2)C1. The van der Waals surface area contributed by atoms with Crippen LogP contribution >= 0.6 is 0 Å². The normalized spacial score (nSPS) is 22.8. The van der Waals surface area contributed by atoms with Gasteiger partial charge in [0.1, 0.15) is 4.90 Å². The standard InChI is InChI=1S/C23H26N4O3S/c28-23(27-15-12-19(16-27)24-18-6-2-1-3-7-18)17-10-13-26(14-11-17)22-20-8-4-5-9-21(20)31(29,30)25-22/h1-9,17,19,24H,10-16H2. The van der Waals surface area contributed by atoms with Crippen LogP contribution < -0.4 is 5.32 Å². The number of para-hydroxylation sites is 1. The number of carbonyl (C=O) groups excluding carboxylic acids is 1. The van der Waals surface area contributed by atoms with Crippen LogP contribution in [0.4, 0.5) is 5.69 Å². The summed E-state index contributed by atoms with van der Waals surface area (Å²) >= 11 is 0. The summed E-state index contributed by atoms with van der Waals surface area (Å²) in [6.45, 7) is 2.78. The summed E-state index contributed by atoms with van der Waals surface area (Å²) in [5.74, 6) is 0.730. The number of nitrogens with zero attached hydrogens (tertiary/aromatic N) is 3. The molecular formula is C23H26N4O3S. The van der Waals surface area contributed by atoms with E-state index in [9.17, 15) is 13.2 Å². The quantitative estimate of drug-likeness (QED) is 0.797. The Labute approximate surface area is 182 Å². The first kappa shape index (κ1) is 20.1. The zero-order valence-corrected chi connectivity index (χ0v) is 18.1. The molecule has 0 spiro atoms. The van der Waals surface area contributed by atoms with Gasteiger partial charge in [0, 0.05) is 49.4 Å². The summed E-state index contributed by atoms with van der Waals surface area (Å²) in [5, 5.41) is 3.52. The maximum atomic E-state index is 13.1. The van der Waals surface area contributed by atoms with Crippen LogP contribution in [-0.4, -0.2) is 62.2 Å². The Morgan fingerprint density at radius 2 is 1.65 bits per heavy atom. The minimum Gasteiger partial charge on any atom is -0.380 e. The van der Waals surface area contributed by atoms with Gasteiger partial charge in [-0.15, -0.1) is 4.40 Å². The first-order valence-electron chi connectivity index (χ1n) is 10.8. The molecule has 2 aromatic carbocycles. The Hall–Kier alpha value is -2.87. The highest BCUT2D eigenvalue weighted by Gasteiger charge is 2.36. The van der Waals surface area contributed by atoms with E-state index in [0.29, 0.717) is 37.3 Å². The van der Waals surface area contributed by atoms with Crippen molar-refractivity contribution in [3.63, 3.8) is 0 Å². The van der Waals surface area contributed by atoms with Crippen molar-refractivity contribution in [3.8, 4) is 0 Å². The molecule has 31 heavy (non-hydrogen) atoms. The number of benzene rings is 2. The second-order valence-electron chi connectivity index (χ2n) is 8.43. The number of piperidine rings is 1. The van der Waals surface area contributed by atoms with Gasteiger partial charge in [-0.2, -0.15) is 8.42 Å². The fourth-order valence-electron chi connectivity index (χ4n) is 4.76. The molecule has 0 saturated carbocycles. The Balaban J connectivity index is 1.18. The summed E-state index contributed by atoms with van der Waals surface area (Å²) in [7, 11) is -3.61. The summed E-state index contributed by atoms with van der Waals surface area (Å²) in [6, 6.07) is 17.3. The average Bonchev–Trinajstić information content (AvgIpc) is 3.37. The first-order valence-corrected chi connectivity index (χ1v) is 12.2. The van der Waals surface area contributed by atoms with Gasteiger partial charge in [0.2, 0.25) is 5.91 Å². The number of carbonyl (C=O) groups is 1. The van der Waals surface area contributed by atoms with Crippen LogP contribution in [-0.2, 0) is 14.8 Å². The lowest BCUT2D eigenvalue weighted by Crippen LogP contribution is -2.44. The van der Waals surface area contributed by atoms with Gasteiger partial charge in [0.25, 0.3) is 10.0 Å². The zero-order chi connectivity index (χ0) is 21.4. The number of hydrogen-bond acceptors (Lipinski definition) is 5. The van der Waals surface area contributed by atoms with Gasteiger partial charge in [-0.05, 0) is 43.5 Å². The van der Waals surface area contributed by atoms with Crippen LogP contribution in [0.3, 0.4) is 0 Å². The third kappa shape index (κ3) is 3.92. The van der Waals surface area contributed by atoms with E-state index >= 15 is 0 Å². The second kappa shape index (κ2) is 8.00. The van der Waals surface area contributed by atoms with Crippen LogP contribution in [0.15, 0.2) is 63.9 Å². The van der Waals surface area contributed by atoms with Crippen LogP contribution in [0.5, 0.6) is 0 Å². The predicted octanol–water partition coefficient (Wildman–Crippen LogP) is 2.56. The van der Waals surface area contributed by atoms with E-state index in [2.05, 4.69) is 9.71 Å². The molecule has 2 aromatic rings. The van der Waals surface area contributed by atoms with E-state index in [1.165, 1.54) is 0 Å². The van der Waals surface area contributed by atoms with Crippen molar-refractivity contribution in [1.29, 1.82) is 0 Å². The van der Waals surface area contributed by atoms with Crippen LogP contribution in [0.1, 0.15) is 24.8 Å². The van der Waals surface area contributed by atoms with Crippen molar-refractivity contribution < 1.29 is 13.2 Å². The number of likely N-dealkylation sites (tertiary alicyclic amines) is 2. The zero-order valence-electron chi connectivity index (χ0n) is 17.3. The molecular weight excluding hydrogens is 412 g/mol. The number of fused-ring (bicyclic) bond motifs is 1. The van der Waals surface area contributed by atoms with E-state index in [1.807, 2.05) is 46.2 Å². The lowest BCUT2D eigenvalue weighted by molar-refractivity contribution is -0.135. The number of hydrogen-bond donors (Lipinski definition) is 1. The number of nitrogens with one attached hydrogen (secondary N) is 1. The van der Waals surface area contributed by atoms with Crippen molar-refractivity contribution in [2.45, 2.75) is 30.2 Å². The molecule has 0 bridgehead atoms. The van der Waals surface area contributed by atoms with Crippen molar-refractivity contribution in [1.82, 2.24) is 9.80 Å². The van der Waals surface area contributed by atoms with Gasteiger partial charge in [0.15, 0.2) is 5.84 Å². The third-order valence-electron chi connectivity index (χ3n) is 6.40. The van der Waals surface area contributed by atoms with Crippen LogP contribution in [0, 0.1) is 5.92 Å². The molecule has 3 aliphatic heterocycles. The monoisotopic (exact) mass is 438 g/mol. The van der Waals surface area contributed by atoms with Gasteiger partial charge in [0.05, 0.1) is 0 Å². The topological polar surface area (TPSA) is 82.1 Å². The molecule has 2 saturated heterocycles. The van der Waals surface area contributed by atoms with Crippen LogP contribution in [0.25, 0.3) is 0 Å². The smallest absolute Gasteiger partial charge is 0.285 e. The number of amidine groups is 1. The summed E-state index contributed by atoms with van der Waals surface area (Å²) in [5.41, 5.74) is 1.75. The van der Waals surface area contributed by atoms with Gasteiger partial charge in [-0.25, -0.2) is 0 Å². The number of amides is 1. The lowest BCUT2D eigenvalue weighted by atomic mass is 9.94. The van der Waals surface area contributed by atoms with Gasteiger partial charge in [-0.1, -0.05) is 30.3 Å². The van der Waals surface area contributed by atoms with Crippen molar-refractivity contribution >= 4 is 27.5 Å². The van der Waals surface area contributed by atoms with E-state index in [4.69, 9.17) is 0 Å². The number of sulfonamides is 1. The summed E-state index contributed by atoms with van der Waals surface area (Å²) in [6.07, 6.45) is 2.38. The fraction of sp³-hybridized carbons (Fsp3) is 0.391.